The van der Waals surface area contributed by atoms with Crippen LogP contribution in [0.4, 0.5) is 0 Å². The molecular weight excluding hydrogens is 338 g/mol. The zero-order valence-corrected chi connectivity index (χ0v) is 14.5. The van der Waals surface area contributed by atoms with Crippen LogP contribution in [0.3, 0.4) is 0 Å². The van der Waals surface area contributed by atoms with Crippen molar-refractivity contribution in [3.63, 3.8) is 0 Å². The number of carbonyl (C=O) groups is 1. The molecule has 0 fully saturated rings. The first kappa shape index (κ1) is 17.0. The largest absolute Gasteiger partial charge is 0.489 e. The van der Waals surface area contributed by atoms with Crippen LogP contribution in [0.2, 0.25) is 5.02 Å². The SMILES string of the molecule is Cn1cc(CNC(=O)c2cccc(COc3ccc(Cl)cc3)c2)cn1. The van der Waals surface area contributed by atoms with Gasteiger partial charge in [-0.3, -0.25) is 9.48 Å². The highest BCUT2D eigenvalue weighted by Gasteiger charge is 2.07. The summed E-state index contributed by atoms with van der Waals surface area (Å²) in [6, 6.07) is 14.6. The summed E-state index contributed by atoms with van der Waals surface area (Å²) in [5.41, 5.74) is 2.48. The molecule has 1 amide bonds. The van der Waals surface area contributed by atoms with Gasteiger partial charge in [-0.1, -0.05) is 23.7 Å². The first-order valence-electron chi connectivity index (χ1n) is 7.83. The molecular formula is C19H18ClN3O2. The minimum Gasteiger partial charge on any atom is -0.489 e. The van der Waals surface area contributed by atoms with E-state index in [9.17, 15) is 4.79 Å². The second kappa shape index (κ2) is 7.85. The molecule has 0 aliphatic heterocycles. The van der Waals surface area contributed by atoms with E-state index in [-0.39, 0.29) is 5.91 Å². The summed E-state index contributed by atoms with van der Waals surface area (Å²) in [6.07, 6.45) is 3.60. The smallest absolute Gasteiger partial charge is 0.251 e. The fourth-order valence-electron chi connectivity index (χ4n) is 2.35. The van der Waals surface area contributed by atoms with E-state index >= 15 is 0 Å². The maximum atomic E-state index is 12.3. The Hall–Kier alpha value is -2.79. The van der Waals surface area contributed by atoms with Crippen LogP contribution in [-0.4, -0.2) is 15.7 Å². The van der Waals surface area contributed by atoms with E-state index in [2.05, 4.69) is 10.4 Å². The van der Waals surface area contributed by atoms with Crippen molar-refractivity contribution in [1.82, 2.24) is 15.1 Å². The van der Waals surface area contributed by atoms with Gasteiger partial charge < -0.3 is 10.1 Å². The van der Waals surface area contributed by atoms with E-state index in [1.807, 2.05) is 43.6 Å². The van der Waals surface area contributed by atoms with Crippen molar-refractivity contribution in [3.8, 4) is 5.75 Å². The number of carbonyl (C=O) groups excluding carboxylic acids is 1. The van der Waals surface area contributed by atoms with Gasteiger partial charge in [0, 0.05) is 35.9 Å². The molecule has 6 heteroatoms. The standard InChI is InChI=1S/C19H18ClN3O2/c1-23-12-15(11-22-23)10-21-19(24)16-4-2-3-14(9-16)13-25-18-7-5-17(20)6-8-18/h2-9,11-12H,10,13H2,1H3,(H,21,24). The number of rotatable bonds is 6. The summed E-state index contributed by atoms with van der Waals surface area (Å²) in [4.78, 5) is 12.3. The number of aryl methyl sites for hydroxylation is 1. The molecule has 2 aromatic carbocycles. The number of benzene rings is 2. The van der Waals surface area contributed by atoms with Crippen LogP contribution in [0.15, 0.2) is 60.9 Å². The van der Waals surface area contributed by atoms with E-state index in [0.29, 0.717) is 23.7 Å². The Bertz CT molecular complexity index is 859. The maximum absolute atomic E-state index is 12.3. The lowest BCUT2D eigenvalue weighted by atomic mass is 10.1. The normalized spacial score (nSPS) is 10.5. The highest BCUT2D eigenvalue weighted by atomic mass is 35.5. The molecule has 25 heavy (non-hydrogen) atoms. The van der Waals surface area contributed by atoms with E-state index in [0.717, 1.165) is 16.9 Å². The Labute approximate surface area is 151 Å². The molecule has 0 radical (unpaired) electrons. The third kappa shape index (κ3) is 4.84. The zero-order valence-electron chi connectivity index (χ0n) is 13.8. The molecule has 0 spiro atoms. The van der Waals surface area contributed by atoms with Gasteiger partial charge in [0.1, 0.15) is 12.4 Å². The predicted molar refractivity (Wildman–Crippen MR) is 96.6 cm³/mol. The van der Waals surface area contributed by atoms with Crippen molar-refractivity contribution in [3.05, 3.63) is 82.6 Å². The van der Waals surface area contributed by atoms with E-state index in [1.165, 1.54) is 0 Å². The lowest BCUT2D eigenvalue weighted by molar-refractivity contribution is 0.0950. The van der Waals surface area contributed by atoms with Crippen LogP contribution in [-0.2, 0) is 20.2 Å². The third-order valence-electron chi connectivity index (χ3n) is 3.62. The summed E-state index contributed by atoms with van der Waals surface area (Å²) >= 11 is 5.85. The number of hydrogen-bond acceptors (Lipinski definition) is 3. The molecule has 0 saturated heterocycles. The number of aromatic nitrogens is 2. The highest BCUT2D eigenvalue weighted by Crippen LogP contribution is 2.17. The molecule has 0 aliphatic rings. The number of nitrogens with zero attached hydrogens (tertiary/aromatic N) is 2. The Balaban J connectivity index is 1.58. The summed E-state index contributed by atoms with van der Waals surface area (Å²) in [5, 5.41) is 7.63. The zero-order chi connectivity index (χ0) is 17.6. The van der Waals surface area contributed by atoms with E-state index in [1.54, 1.807) is 29.1 Å². The topological polar surface area (TPSA) is 56.2 Å². The summed E-state index contributed by atoms with van der Waals surface area (Å²) in [6.45, 7) is 0.823. The van der Waals surface area contributed by atoms with Crippen LogP contribution < -0.4 is 10.1 Å². The Morgan fingerprint density at radius 3 is 2.72 bits per heavy atom. The van der Waals surface area contributed by atoms with Gasteiger partial charge >= 0.3 is 0 Å². The first-order valence-corrected chi connectivity index (χ1v) is 8.21. The molecule has 3 aromatic rings. The highest BCUT2D eigenvalue weighted by molar-refractivity contribution is 6.30. The van der Waals surface area contributed by atoms with E-state index in [4.69, 9.17) is 16.3 Å². The Kier molecular flexibility index (Phi) is 5.36. The molecule has 1 aromatic heterocycles. The van der Waals surface area contributed by atoms with Crippen molar-refractivity contribution in [1.29, 1.82) is 0 Å². The van der Waals surface area contributed by atoms with Gasteiger partial charge in [-0.05, 0) is 42.0 Å². The van der Waals surface area contributed by atoms with E-state index < -0.39 is 0 Å². The van der Waals surface area contributed by atoms with Crippen molar-refractivity contribution in [2.75, 3.05) is 0 Å². The van der Waals surface area contributed by atoms with Crippen molar-refractivity contribution in [2.24, 2.45) is 7.05 Å². The molecule has 1 heterocycles. The van der Waals surface area contributed by atoms with Gasteiger partial charge in [-0.15, -0.1) is 0 Å². The summed E-state index contributed by atoms with van der Waals surface area (Å²) in [7, 11) is 1.84. The quantitative estimate of drug-likeness (QED) is 0.735. The van der Waals surface area contributed by atoms with Crippen LogP contribution in [0, 0.1) is 0 Å². The van der Waals surface area contributed by atoms with Crippen LogP contribution >= 0.6 is 11.6 Å². The number of hydrogen-bond donors (Lipinski definition) is 1. The number of nitrogens with one attached hydrogen (secondary N) is 1. The van der Waals surface area contributed by atoms with Crippen LogP contribution in [0.1, 0.15) is 21.5 Å². The second-order valence-corrected chi connectivity index (χ2v) is 6.08. The van der Waals surface area contributed by atoms with Gasteiger partial charge in [-0.25, -0.2) is 0 Å². The van der Waals surface area contributed by atoms with Gasteiger partial charge in [-0.2, -0.15) is 5.10 Å². The van der Waals surface area contributed by atoms with Crippen molar-refractivity contribution in [2.45, 2.75) is 13.2 Å². The first-order chi connectivity index (χ1) is 12.1. The molecule has 0 atom stereocenters. The van der Waals surface area contributed by atoms with Gasteiger partial charge in [0.05, 0.1) is 6.20 Å². The summed E-state index contributed by atoms with van der Waals surface area (Å²) < 4.78 is 7.42. The monoisotopic (exact) mass is 355 g/mol. The van der Waals surface area contributed by atoms with Gasteiger partial charge in [0.25, 0.3) is 5.91 Å². The molecule has 5 nitrogen and oxygen atoms in total. The minimum absolute atomic E-state index is 0.128. The fraction of sp³-hybridized carbons (Fsp3) is 0.158. The average Bonchev–Trinajstić information content (AvgIpc) is 3.05. The van der Waals surface area contributed by atoms with Crippen LogP contribution in [0.5, 0.6) is 5.75 Å². The molecule has 0 unspecified atom stereocenters. The lowest BCUT2D eigenvalue weighted by Gasteiger charge is -2.08. The van der Waals surface area contributed by atoms with Gasteiger partial charge in [0.2, 0.25) is 0 Å². The molecule has 3 rings (SSSR count). The predicted octanol–water partition coefficient (Wildman–Crippen LogP) is 3.58. The molecule has 1 N–H and O–H groups in total. The van der Waals surface area contributed by atoms with Crippen LogP contribution in [0.25, 0.3) is 0 Å². The third-order valence-corrected chi connectivity index (χ3v) is 3.87. The fourth-order valence-corrected chi connectivity index (χ4v) is 2.47. The van der Waals surface area contributed by atoms with Crippen molar-refractivity contribution >= 4 is 17.5 Å². The number of halogens is 1. The average molecular weight is 356 g/mol. The molecule has 0 bridgehead atoms. The Morgan fingerprint density at radius 1 is 1.20 bits per heavy atom. The number of amides is 1. The molecule has 0 aliphatic carbocycles. The minimum atomic E-state index is -0.128. The van der Waals surface area contributed by atoms with Gasteiger partial charge in [0.15, 0.2) is 0 Å². The molecule has 0 saturated carbocycles. The molecule has 128 valence electrons. The second-order valence-electron chi connectivity index (χ2n) is 5.65. The van der Waals surface area contributed by atoms with Crippen molar-refractivity contribution < 1.29 is 9.53 Å². The lowest BCUT2D eigenvalue weighted by Crippen LogP contribution is -2.22. The number of ether oxygens (including phenoxy) is 1. The maximum Gasteiger partial charge on any atom is 0.251 e. The summed E-state index contributed by atoms with van der Waals surface area (Å²) in [5.74, 6) is 0.605. The Morgan fingerprint density at radius 2 is 2.00 bits per heavy atom.